The molecule has 1 rings (SSSR count). The molecule has 0 aliphatic carbocycles. The molecule has 9 nitrogen and oxygen atoms in total. The Hall–Kier alpha value is -2.11. The number of allylic oxidation sites excluding steroid dienone is 10. The number of ether oxygens (including phenoxy) is 4. The maximum Gasteiger partial charge on any atom is 0.306 e. The molecule has 1 fully saturated rings. The second kappa shape index (κ2) is 46.0. The van der Waals surface area contributed by atoms with E-state index >= 15 is 0 Å². The highest BCUT2D eigenvalue weighted by Crippen LogP contribution is 2.23. The zero-order chi connectivity index (χ0) is 46.4. The number of hydrogen-bond donors (Lipinski definition) is 4. The van der Waals surface area contributed by atoms with Crippen LogP contribution in [0.5, 0.6) is 0 Å². The van der Waals surface area contributed by atoms with Crippen molar-refractivity contribution in [1.82, 2.24) is 0 Å². The second-order valence-corrected chi connectivity index (χ2v) is 17.9. The van der Waals surface area contributed by atoms with E-state index < -0.39 is 43.4 Å². The summed E-state index contributed by atoms with van der Waals surface area (Å²) in [6, 6.07) is 0. The molecule has 0 bridgehead atoms. The molecule has 6 unspecified atom stereocenters. The third-order valence-corrected chi connectivity index (χ3v) is 11.9. The smallest absolute Gasteiger partial charge is 0.306 e. The van der Waals surface area contributed by atoms with Gasteiger partial charge in [0, 0.05) is 13.0 Å². The Bertz CT molecular complexity index is 1160. The van der Waals surface area contributed by atoms with Crippen LogP contribution in [0.15, 0.2) is 60.8 Å². The van der Waals surface area contributed by atoms with Crippen LogP contribution in [0.1, 0.15) is 219 Å². The van der Waals surface area contributed by atoms with Gasteiger partial charge in [-0.15, -0.1) is 0 Å². The average molecular weight is 903 g/mol. The minimum atomic E-state index is -1.55. The van der Waals surface area contributed by atoms with Gasteiger partial charge in [0.15, 0.2) is 6.29 Å². The number of unbranched alkanes of at least 4 members (excludes halogenated alkanes) is 24. The minimum absolute atomic E-state index is 0.127. The normalized spacial score (nSPS) is 20.0. The molecule has 0 saturated carbocycles. The molecule has 1 aliphatic rings. The maximum absolute atomic E-state index is 12.8. The summed E-state index contributed by atoms with van der Waals surface area (Å²) in [6.07, 6.45) is 52.7. The molecular weight excluding hydrogens is 805 g/mol. The van der Waals surface area contributed by atoms with E-state index in [1.165, 1.54) is 141 Å². The fourth-order valence-electron chi connectivity index (χ4n) is 7.83. The molecule has 1 saturated heterocycles. The predicted octanol–water partition coefficient (Wildman–Crippen LogP) is 13.0. The number of hydrogen-bond acceptors (Lipinski definition) is 9. The molecule has 9 heteroatoms. The van der Waals surface area contributed by atoms with Gasteiger partial charge < -0.3 is 39.4 Å². The Balaban J connectivity index is 2.17. The summed E-state index contributed by atoms with van der Waals surface area (Å²) < 4.78 is 22.8. The van der Waals surface area contributed by atoms with Gasteiger partial charge in [0.25, 0.3) is 0 Å². The Morgan fingerprint density at radius 2 is 0.953 bits per heavy atom. The molecule has 6 atom stereocenters. The van der Waals surface area contributed by atoms with Crippen LogP contribution in [-0.4, -0.2) is 89.6 Å². The monoisotopic (exact) mass is 903 g/mol. The lowest BCUT2D eigenvalue weighted by atomic mass is 9.99. The SMILES string of the molecule is CC/C=C\C/C=C\C/C=C\C/C=C\CCCCC(=O)OC(COCCCCCCCCCCCCCCCC/C=C\CCCCCCCCCC)COC1OC(CO)C(O)C(O)C1O. The zero-order valence-electron chi connectivity index (χ0n) is 41.0. The molecule has 0 spiro atoms. The van der Waals surface area contributed by atoms with Crippen LogP contribution in [-0.2, 0) is 23.7 Å². The first kappa shape index (κ1) is 59.9. The van der Waals surface area contributed by atoms with Crippen LogP contribution in [0.2, 0.25) is 0 Å². The van der Waals surface area contributed by atoms with Gasteiger partial charge in [-0.3, -0.25) is 4.79 Å². The fourth-order valence-corrected chi connectivity index (χ4v) is 7.83. The van der Waals surface area contributed by atoms with E-state index in [4.69, 9.17) is 18.9 Å². The molecule has 0 radical (unpaired) electrons. The molecule has 1 aliphatic heterocycles. The van der Waals surface area contributed by atoms with Crippen LogP contribution in [0.3, 0.4) is 0 Å². The van der Waals surface area contributed by atoms with Gasteiger partial charge in [-0.1, -0.05) is 197 Å². The minimum Gasteiger partial charge on any atom is -0.457 e. The largest absolute Gasteiger partial charge is 0.457 e. The van der Waals surface area contributed by atoms with Crippen molar-refractivity contribution in [1.29, 1.82) is 0 Å². The van der Waals surface area contributed by atoms with Gasteiger partial charge in [-0.2, -0.15) is 0 Å². The molecule has 0 aromatic carbocycles. The highest BCUT2D eigenvalue weighted by atomic mass is 16.7. The summed E-state index contributed by atoms with van der Waals surface area (Å²) in [7, 11) is 0. The Labute approximate surface area is 392 Å². The summed E-state index contributed by atoms with van der Waals surface area (Å²) in [5.74, 6) is -0.353. The number of carbonyl (C=O) groups excluding carboxylic acids is 1. The van der Waals surface area contributed by atoms with Crippen molar-refractivity contribution < 1.29 is 44.2 Å². The first-order chi connectivity index (χ1) is 31.4. The predicted molar refractivity (Wildman–Crippen MR) is 265 cm³/mol. The van der Waals surface area contributed by atoms with Crippen LogP contribution in [0.25, 0.3) is 0 Å². The van der Waals surface area contributed by atoms with E-state index in [0.717, 1.165) is 51.4 Å². The summed E-state index contributed by atoms with van der Waals surface area (Å²) in [6.45, 7) is 4.41. The van der Waals surface area contributed by atoms with Crippen molar-refractivity contribution in [3.05, 3.63) is 60.8 Å². The standard InChI is InChI=1S/C55H98O9/c1-3-5-7-9-11-13-15-17-19-20-21-22-23-24-25-26-27-28-29-31-33-35-37-39-41-43-45-61-47-49(48-62-55-54(60)53(59)52(58)50(46-56)64-55)63-51(57)44-42-40-38-36-34-32-30-18-16-14-12-10-8-6-4-2/h6,8,12,14,18,20-21,30,34,36,49-50,52-56,58-60H,3-5,7,9-11,13,15-17,19,22-29,31-33,35,37-48H2,1-2H3/b8-6-,14-12-,21-20-,30-18-,36-34-. The number of carbonyl (C=O) groups is 1. The topological polar surface area (TPSA) is 135 Å². The number of aliphatic hydroxyl groups excluding tert-OH is 4. The van der Waals surface area contributed by atoms with E-state index in [1.54, 1.807) is 0 Å². The molecule has 372 valence electrons. The quantitative estimate of drug-likeness (QED) is 0.0268. The Morgan fingerprint density at radius 1 is 0.516 bits per heavy atom. The van der Waals surface area contributed by atoms with E-state index in [0.29, 0.717) is 13.0 Å². The lowest BCUT2D eigenvalue weighted by Crippen LogP contribution is -2.59. The maximum atomic E-state index is 12.8. The summed E-state index contributed by atoms with van der Waals surface area (Å²) >= 11 is 0. The van der Waals surface area contributed by atoms with Crippen molar-refractivity contribution in [2.45, 2.75) is 256 Å². The fraction of sp³-hybridized carbons (Fsp3) is 0.800. The third-order valence-electron chi connectivity index (χ3n) is 11.9. The second-order valence-electron chi connectivity index (χ2n) is 17.9. The van der Waals surface area contributed by atoms with E-state index in [-0.39, 0.29) is 25.6 Å². The molecule has 1 heterocycles. The summed E-state index contributed by atoms with van der Waals surface area (Å²) in [4.78, 5) is 12.8. The highest BCUT2D eigenvalue weighted by molar-refractivity contribution is 5.69. The van der Waals surface area contributed by atoms with Crippen LogP contribution in [0, 0.1) is 0 Å². The number of esters is 1. The molecular formula is C55H98O9. The average Bonchev–Trinajstić information content (AvgIpc) is 3.30. The Morgan fingerprint density at radius 3 is 1.45 bits per heavy atom. The zero-order valence-corrected chi connectivity index (χ0v) is 41.0. The van der Waals surface area contributed by atoms with E-state index in [2.05, 4.69) is 74.6 Å². The summed E-state index contributed by atoms with van der Waals surface area (Å²) in [5.41, 5.74) is 0. The van der Waals surface area contributed by atoms with Gasteiger partial charge in [-0.05, 0) is 77.0 Å². The van der Waals surface area contributed by atoms with Crippen molar-refractivity contribution >= 4 is 5.97 Å². The highest BCUT2D eigenvalue weighted by Gasteiger charge is 2.44. The van der Waals surface area contributed by atoms with Gasteiger partial charge in [0.05, 0.1) is 19.8 Å². The molecule has 0 aromatic heterocycles. The lowest BCUT2D eigenvalue weighted by molar-refractivity contribution is -0.305. The molecule has 4 N–H and O–H groups in total. The number of rotatable bonds is 45. The molecule has 0 amide bonds. The van der Waals surface area contributed by atoms with Gasteiger partial charge in [-0.25, -0.2) is 0 Å². The molecule has 64 heavy (non-hydrogen) atoms. The van der Waals surface area contributed by atoms with E-state index in [9.17, 15) is 25.2 Å². The first-order valence-corrected chi connectivity index (χ1v) is 26.4. The lowest BCUT2D eigenvalue weighted by Gasteiger charge is -2.39. The third kappa shape index (κ3) is 36.1. The van der Waals surface area contributed by atoms with Crippen molar-refractivity contribution in [2.24, 2.45) is 0 Å². The van der Waals surface area contributed by atoms with Crippen molar-refractivity contribution in [2.75, 3.05) is 26.4 Å². The van der Waals surface area contributed by atoms with Gasteiger partial charge in [0.1, 0.15) is 30.5 Å². The van der Waals surface area contributed by atoms with Crippen molar-refractivity contribution in [3.63, 3.8) is 0 Å². The summed E-state index contributed by atoms with van der Waals surface area (Å²) in [5, 5.41) is 40.2. The van der Waals surface area contributed by atoms with Crippen molar-refractivity contribution in [3.8, 4) is 0 Å². The van der Waals surface area contributed by atoms with E-state index in [1.807, 2.05) is 0 Å². The van der Waals surface area contributed by atoms with Gasteiger partial charge >= 0.3 is 5.97 Å². The van der Waals surface area contributed by atoms with Crippen LogP contribution in [0.4, 0.5) is 0 Å². The van der Waals surface area contributed by atoms with Crippen LogP contribution < -0.4 is 0 Å². The molecule has 0 aromatic rings. The van der Waals surface area contributed by atoms with Crippen LogP contribution >= 0.6 is 0 Å². The van der Waals surface area contributed by atoms with Gasteiger partial charge in [0.2, 0.25) is 0 Å². The first-order valence-electron chi connectivity index (χ1n) is 26.4. The Kier molecular flexibility index (Phi) is 43.1. The number of aliphatic hydroxyl groups is 4.